The maximum Gasteiger partial charge on any atom is 0.0939 e. The molecule has 5 nitrogen and oxygen atoms in total. The molecule has 0 amide bonds. The molecule has 7 aromatic rings. The van der Waals surface area contributed by atoms with Crippen LogP contribution in [0.2, 0.25) is 5.02 Å². The van der Waals surface area contributed by atoms with Gasteiger partial charge in [-0.25, -0.2) is 9.97 Å². The second-order valence-electron chi connectivity index (χ2n) is 13.6. The minimum absolute atomic E-state index is 0.491. The summed E-state index contributed by atoms with van der Waals surface area (Å²) < 4.78 is 0. The van der Waals surface area contributed by atoms with Crippen LogP contribution in [0.15, 0.2) is 115 Å². The summed E-state index contributed by atoms with van der Waals surface area (Å²) in [5.41, 5.74) is 17.1. The van der Waals surface area contributed by atoms with Crippen molar-refractivity contribution in [1.82, 2.24) is 24.9 Å². The minimum Gasteiger partial charge on any atom is -0.354 e. The number of aryl methyl sites for hydroxylation is 3. The van der Waals surface area contributed by atoms with Gasteiger partial charge in [0.2, 0.25) is 0 Å². The van der Waals surface area contributed by atoms with Crippen molar-refractivity contribution < 1.29 is 0 Å². The molecule has 0 spiro atoms. The first-order chi connectivity index (χ1) is 25.8. The SMILES string of the molecule is Cc1ccc(-c2c3nc(c(-c4ccc(C)cc4)c4cc(Cl)c([nH]4)c(-c4ccccn4)c4nc(c(-c5ccc(C)cc5)c5ccc2[nH]5)C=C4Cl)C=C3)cc1. The number of nitrogens with zero attached hydrogens (tertiary/aromatic N) is 3. The van der Waals surface area contributed by atoms with Crippen LogP contribution >= 0.6 is 23.2 Å². The van der Waals surface area contributed by atoms with Crippen molar-refractivity contribution in [2.24, 2.45) is 0 Å². The zero-order valence-corrected chi connectivity index (χ0v) is 30.8. The Morgan fingerprint density at radius 1 is 0.509 bits per heavy atom. The summed E-state index contributed by atoms with van der Waals surface area (Å²) in [5, 5.41) is 1.01. The Morgan fingerprint density at radius 2 is 1.04 bits per heavy atom. The van der Waals surface area contributed by atoms with E-state index in [0.29, 0.717) is 32.5 Å². The third kappa shape index (κ3) is 5.98. The van der Waals surface area contributed by atoms with E-state index >= 15 is 0 Å². The van der Waals surface area contributed by atoms with Gasteiger partial charge in [-0.05, 0) is 86.0 Å². The van der Waals surface area contributed by atoms with Gasteiger partial charge >= 0.3 is 0 Å². The molecule has 0 radical (unpaired) electrons. The lowest BCUT2D eigenvalue weighted by molar-refractivity contribution is 1.28. The van der Waals surface area contributed by atoms with Crippen LogP contribution in [0.3, 0.4) is 0 Å². The van der Waals surface area contributed by atoms with Crippen LogP contribution in [-0.4, -0.2) is 24.9 Å². The van der Waals surface area contributed by atoms with Crippen LogP contribution in [0.25, 0.3) is 90.0 Å². The number of rotatable bonds is 4. The highest BCUT2D eigenvalue weighted by Crippen LogP contribution is 2.42. The predicted molar refractivity (Wildman–Crippen MR) is 222 cm³/mol. The smallest absolute Gasteiger partial charge is 0.0939 e. The normalized spacial score (nSPS) is 12.3. The molecule has 4 aromatic heterocycles. The number of fused-ring (bicyclic) bond motifs is 8. The standard InChI is InChI=1S/C46H33Cl2N5/c1-26-7-13-29(14-8-26)41-35-19-21-37(50-35)42(30-15-9-27(2)10-16-30)39-24-32(47)45(52-39)44(34-6-4-5-23-49-34)46-33(48)25-40(53-46)43(38-22-20-36(41)51-38)31-17-11-28(3)12-18-31/h4-25,50,53H,1-3H3. The largest absolute Gasteiger partial charge is 0.354 e. The van der Waals surface area contributed by atoms with Crippen LogP contribution in [0.1, 0.15) is 39.5 Å². The van der Waals surface area contributed by atoms with Crippen LogP contribution in [-0.2, 0) is 0 Å². The first-order valence-electron chi connectivity index (χ1n) is 17.5. The zero-order chi connectivity index (χ0) is 36.2. The fourth-order valence-corrected chi connectivity index (χ4v) is 7.63. The third-order valence-corrected chi connectivity index (χ3v) is 10.4. The number of hydrogen-bond acceptors (Lipinski definition) is 3. The monoisotopic (exact) mass is 725 g/mol. The number of pyridine rings is 1. The summed E-state index contributed by atoms with van der Waals surface area (Å²) in [7, 11) is 0. The average molecular weight is 727 g/mol. The van der Waals surface area contributed by atoms with E-state index in [-0.39, 0.29) is 0 Å². The molecule has 0 saturated heterocycles. The van der Waals surface area contributed by atoms with Crippen molar-refractivity contribution in [3.8, 4) is 44.6 Å². The second kappa shape index (κ2) is 13.2. The highest BCUT2D eigenvalue weighted by atomic mass is 35.5. The molecule has 9 rings (SSSR count). The van der Waals surface area contributed by atoms with Crippen LogP contribution in [0, 0.1) is 20.8 Å². The van der Waals surface area contributed by atoms with Gasteiger partial charge in [-0.2, -0.15) is 0 Å². The number of nitrogens with one attached hydrogen (secondary N) is 2. The Labute approximate surface area is 317 Å². The molecule has 0 saturated carbocycles. The van der Waals surface area contributed by atoms with Crippen molar-refractivity contribution >= 4 is 68.5 Å². The van der Waals surface area contributed by atoms with Crippen molar-refractivity contribution in [1.29, 1.82) is 0 Å². The Kier molecular flexibility index (Phi) is 8.18. The molecule has 3 aromatic carbocycles. The number of benzene rings is 3. The number of H-pyrrole nitrogens is 2. The molecule has 0 atom stereocenters. The van der Waals surface area contributed by atoms with Gasteiger partial charge in [0.05, 0.1) is 55.1 Å². The zero-order valence-electron chi connectivity index (χ0n) is 29.3. The van der Waals surface area contributed by atoms with Crippen LogP contribution in [0.5, 0.6) is 0 Å². The van der Waals surface area contributed by atoms with Gasteiger partial charge in [0.1, 0.15) is 0 Å². The first kappa shape index (κ1) is 32.9. The fourth-order valence-electron chi connectivity index (χ4n) is 7.13. The Hall–Kier alpha value is -6.01. The maximum atomic E-state index is 7.23. The average Bonchev–Trinajstić information content (AvgIpc) is 3.98. The molecule has 0 fully saturated rings. The Bertz CT molecular complexity index is 2790. The molecular formula is C46H33Cl2N5. The van der Waals surface area contributed by atoms with Crippen molar-refractivity contribution in [3.05, 3.63) is 160 Å². The number of hydrogen-bond donors (Lipinski definition) is 2. The second-order valence-corrected chi connectivity index (χ2v) is 14.4. The summed E-state index contributed by atoms with van der Waals surface area (Å²) in [6.07, 6.45) is 7.89. The molecule has 2 aliphatic heterocycles. The van der Waals surface area contributed by atoms with Gasteiger partial charge < -0.3 is 9.97 Å². The van der Waals surface area contributed by atoms with Gasteiger partial charge in [0.25, 0.3) is 0 Å². The molecule has 256 valence electrons. The van der Waals surface area contributed by atoms with E-state index < -0.39 is 0 Å². The van der Waals surface area contributed by atoms with E-state index in [0.717, 1.165) is 67.0 Å². The summed E-state index contributed by atoms with van der Waals surface area (Å²) in [5.74, 6) is 0. The van der Waals surface area contributed by atoms with Gasteiger partial charge in [0.15, 0.2) is 0 Å². The van der Waals surface area contributed by atoms with Gasteiger partial charge in [-0.1, -0.05) is 119 Å². The molecule has 8 bridgehead atoms. The highest BCUT2D eigenvalue weighted by molar-refractivity contribution is 6.52. The van der Waals surface area contributed by atoms with E-state index in [1.165, 1.54) is 16.7 Å². The number of aromatic amines is 2. The quantitative estimate of drug-likeness (QED) is 0.190. The van der Waals surface area contributed by atoms with Crippen LogP contribution < -0.4 is 0 Å². The van der Waals surface area contributed by atoms with Crippen molar-refractivity contribution in [2.45, 2.75) is 20.8 Å². The van der Waals surface area contributed by atoms with E-state index in [1.54, 1.807) is 6.20 Å². The minimum atomic E-state index is 0.491. The molecule has 7 heteroatoms. The first-order valence-corrected chi connectivity index (χ1v) is 18.2. The molecule has 2 N–H and O–H groups in total. The third-order valence-electron chi connectivity index (χ3n) is 9.82. The van der Waals surface area contributed by atoms with E-state index in [4.69, 9.17) is 38.2 Å². The van der Waals surface area contributed by atoms with E-state index in [1.807, 2.05) is 30.3 Å². The fraction of sp³-hybridized carbons (Fsp3) is 0.0652. The maximum absolute atomic E-state index is 7.23. The number of aromatic nitrogens is 5. The molecule has 0 unspecified atom stereocenters. The summed E-state index contributed by atoms with van der Waals surface area (Å²) in [4.78, 5) is 22.9. The van der Waals surface area contributed by atoms with E-state index in [2.05, 4.69) is 128 Å². The highest BCUT2D eigenvalue weighted by Gasteiger charge is 2.23. The summed E-state index contributed by atoms with van der Waals surface area (Å²) in [6, 6.07) is 37.6. The molecule has 2 aliphatic rings. The lowest BCUT2D eigenvalue weighted by Crippen LogP contribution is -1.91. The van der Waals surface area contributed by atoms with Gasteiger partial charge in [-0.3, -0.25) is 4.98 Å². The van der Waals surface area contributed by atoms with Crippen LogP contribution in [0.4, 0.5) is 0 Å². The van der Waals surface area contributed by atoms with E-state index in [9.17, 15) is 0 Å². The van der Waals surface area contributed by atoms with Crippen molar-refractivity contribution in [2.75, 3.05) is 0 Å². The van der Waals surface area contributed by atoms with Crippen molar-refractivity contribution in [3.63, 3.8) is 0 Å². The Balaban J connectivity index is 1.51. The summed E-state index contributed by atoms with van der Waals surface area (Å²) >= 11 is 14.5. The number of halogens is 2. The predicted octanol–water partition coefficient (Wildman–Crippen LogP) is 12.9. The molecule has 53 heavy (non-hydrogen) atoms. The van der Waals surface area contributed by atoms with Gasteiger partial charge in [0, 0.05) is 33.9 Å². The molecule has 6 heterocycles. The lowest BCUT2D eigenvalue weighted by atomic mass is 10.0. The lowest BCUT2D eigenvalue weighted by Gasteiger charge is -2.07. The summed E-state index contributed by atoms with van der Waals surface area (Å²) in [6.45, 7) is 6.28. The van der Waals surface area contributed by atoms with Gasteiger partial charge in [-0.15, -0.1) is 0 Å². The molecular weight excluding hydrogens is 693 g/mol. The Morgan fingerprint density at radius 3 is 1.57 bits per heavy atom. The topological polar surface area (TPSA) is 70.2 Å². The molecule has 0 aliphatic carbocycles.